The first-order valence-electron chi connectivity index (χ1n) is 41.2. The maximum atomic E-state index is 11.8. The van der Waals surface area contributed by atoms with E-state index in [1.807, 2.05) is 244 Å². The SMILES string of the molecule is C.COC(=O)[C@H](CC(C)C)NCc1ccccc1.Cc1ccc(CNC(Cc2ccccc2)C(=O)O)c(C)c1.Cc1ccc(CNC(Cc2ccccc2)C(=O)O)cc1.N[C@@H](Cc1ccc(O)cc1)C(=O)OCc1ccccc1.O=C(O)C(CC1CCC2CCCCC21)NCc1ccccc1.O=C(O)[C@H](Cc1ccccc1)NCc1ccccc1.S.S. The van der Waals surface area contributed by atoms with E-state index in [2.05, 4.69) is 72.5 Å². The Kier molecular flexibility index (Phi) is 49.5. The fourth-order valence-electron chi connectivity index (χ4n) is 14.4. The van der Waals surface area contributed by atoms with Crippen molar-refractivity contribution in [3.63, 3.8) is 0 Å². The number of nitrogens with two attached hydrogens (primary N) is 1. The zero-order valence-electron chi connectivity index (χ0n) is 70.6. The third-order valence-corrected chi connectivity index (χ3v) is 21.1. The predicted octanol–water partition coefficient (Wildman–Crippen LogP) is 17.4. The summed E-state index contributed by atoms with van der Waals surface area (Å²) in [6.07, 6.45) is 11.4. The average Bonchev–Trinajstić information content (AvgIpc) is 1.68. The number of nitrogens with one attached hydrogen (secondary N) is 5. The number of rotatable bonds is 35. The Bertz CT molecular complexity index is 4550. The fourth-order valence-corrected chi connectivity index (χ4v) is 14.4. The summed E-state index contributed by atoms with van der Waals surface area (Å²) in [6, 6.07) is 86.3. The van der Waals surface area contributed by atoms with Gasteiger partial charge in [-0.3, -0.25) is 28.8 Å². The van der Waals surface area contributed by atoms with Gasteiger partial charge in [0.2, 0.25) is 0 Å². The first kappa shape index (κ1) is 104. The molecule has 0 heterocycles. The molecule has 10 aromatic carbocycles. The van der Waals surface area contributed by atoms with E-state index in [4.69, 9.17) is 15.2 Å². The number of carboxylic acids is 4. The van der Waals surface area contributed by atoms with Crippen molar-refractivity contribution < 1.29 is 63.8 Å². The summed E-state index contributed by atoms with van der Waals surface area (Å²) in [5.41, 5.74) is 19.9. The zero-order valence-corrected chi connectivity index (χ0v) is 72.6. The molecule has 6 unspecified atom stereocenters. The molecule has 0 saturated heterocycles. The molecule has 0 bridgehead atoms. The highest BCUT2D eigenvalue weighted by Gasteiger charge is 2.39. The second-order valence-electron chi connectivity index (χ2n) is 31.0. The third kappa shape index (κ3) is 40.3. The molecule has 2 aliphatic rings. The second-order valence-corrected chi connectivity index (χ2v) is 31.0. The summed E-state index contributed by atoms with van der Waals surface area (Å²) in [4.78, 5) is 69.0. The minimum Gasteiger partial charge on any atom is -0.508 e. The third-order valence-electron chi connectivity index (χ3n) is 21.1. The monoisotopic (exact) mass is 1700 g/mol. The van der Waals surface area contributed by atoms with Gasteiger partial charge in [0.15, 0.2) is 0 Å². The number of methoxy groups -OCH3 is 1. The number of hydrogen-bond acceptors (Lipinski definition) is 15. The molecule has 0 aromatic heterocycles. The van der Waals surface area contributed by atoms with Gasteiger partial charge in [-0.1, -0.05) is 319 Å². The van der Waals surface area contributed by atoms with E-state index in [9.17, 15) is 54.3 Å². The number of phenolic OH excluding ortho intramolecular Hbond substituents is 1. The first-order chi connectivity index (χ1) is 57.5. The Labute approximate surface area is 737 Å². The van der Waals surface area contributed by atoms with Crippen LogP contribution in [0.1, 0.15) is 145 Å². The lowest BCUT2D eigenvalue weighted by atomic mass is 9.76. The van der Waals surface area contributed by atoms with Gasteiger partial charge in [-0.25, -0.2) is 0 Å². The molecule has 0 radical (unpaired) electrons. The highest BCUT2D eigenvalue weighted by atomic mass is 32.1. The molecular weight excluding hydrogens is 1570 g/mol. The standard InChI is InChI=1S/C19H27NO2.C18H21NO2.C17H19NO2.C16H17NO3.C16H17NO2.C14H21NO2.CH4.2H2S/c21-19(22)18(20-13-14-6-2-1-3-7-14)12-16-11-10-15-8-4-5-9-17(15)16;1-13-8-9-16(14(2)10-13)12-19-17(18(20)21)11-15-6-4-3-5-7-15;1-13-7-9-15(10-8-13)12-18-16(17(19)20)11-14-5-3-2-4-6-14;17-15(10-12-6-8-14(18)9-7-12)16(19)20-11-13-4-2-1-3-5-13;18-16(19)15(11-13-7-3-1-4-8-13)17-12-14-9-5-2-6-10-14;1-11(2)9-13(14(16)17-3)15-10-12-7-5-4-6-8-12;;;/h1-3,6-7,15-18,20H,4-5,8-13H2,(H,21,22);3-10,17,19H,11-12H2,1-2H3,(H,20,21);2-10,16,18H,11-12H2,1H3,(H,19,20);1-9,15,18H,10-11,17H2;1-10,15,17H,11-12H2,(H,18,19);4-8,11,13,15H,9-10H2,1-3H3;1H4;2*1H2/t;;;2*15-;13-;;;/m...000.../s1. The van der Waals surface area contributed by atoms with Crippen molar-refractivity contribution in [2.45, 2.75) is 195 Å². The summed E-state index contributed by atoms with van der Waals surface area (Å²) in [6.45, 7) is 13.6. The fraction of sp³-hybridized carbons (Fsp3) is 0.347. The number of carbonyl (C=O) groups excluding carboxylic acids is 2. The van der Waals surface area contributed by atoms with Gasteiger partial charge in [0, 0.05) is 32.7 Å². The summed E-state index contributed by atoms with van der Waals surface area (Å²) in [7, 11) is 1.43. The van der Waals surface area contributed by atoms with E-state index in [0.717, 1.165) is 74.7 Å². The van der Waals surface area contributed by atoms with Gasteiger partial charge < -0.3 is 67.3 Å². The van der Waals surface area contributed by atoms with Crippen LogP contribution >= 0.6 is 27.0 Å². The summed E-state index contributed by atoms with van der Waals surface area (Å²) in [5.74, 6) is -0.849. The molecule has 0 spiro atoms. The van der Waals surface area contributed by atoms with E-state index < -0.39 is 60.1 Å². The topological polar surface area (TPSA) is 308 Å². The molecule has 12 N–H and O–H groups in total. The molecule has 10 aromatic rings. The Morgan fingerprint density at radius 2 is 0.738 bits per heavy atom. The molecule has 2 fully saturated rings. The van der Waals surface area contributed by atoms with E-state index in [0.29, 0.717) is 70.2 Å². The lowest BCUT2D eigenvalue weighted by molar-refractivity contribution is -0.146. The van der Waals surface area contributed by atoms with Crippen molar-refractivity contribution >= 4 is 62.8 Å². The van der Waals surface area contributed by atoms with Gasteiger partial charge >= 0.3 is 35.8 Å². The minimum absolute atomic E-state index is 0. The number of aliphatic carboxylic acids is 4. The molecule has 9 atom stereocenters. The number of benzene rings is 10. The molecule has 654 valence electrons. The maximum absolute atomic E-state index is 11.8. The lowest BCUT2D eigenvalue weighted by Gasteiger charge is -2.30. The van der Waals surface area contributed by atoms with Gasteiger partial charge in [0.05, 0.1) is 7.11 Å². The normalized spacial score (nSPS) is 14.8. The number of ether oxygens (including phenoxy) is 2. The molecule has 0 amide bonds. The molecule has 2 saturated carbocycles. The number of phenols is 1. The van der Waals surface area contributed by atoms with E-state index >= 15 is 0 Å². The number of esters is 2. The molecule has 122 heavy (non-hydrogen) atoms. The van der Waals surface area contributed by atoms with Crippen LogP contribution in [0.2, 0.25) is 0 Å². The van der Waals surface area contributed by atoms with Crippen LogP contribution < -0.4 is 32.3 Å². The van der Waals surface area contributed by atoms with Crippen LogP contribution in [0.15, 0.2) is 279 Å². The van der Waals surface area contributed by atoms with Gasteiger partial charge in [-0.15, -0.1) is 0 Å². The van der Waals surface area contributed by atoms with E-state index in [1.165, 1.54) is 67.9 Å². The second kappa shape index (κ2) is 58.3. The van der Waals surface area contributed by atoms with Crippen molar-refractivity contribution in [3.05, 3.63) is 351 Å². The quantitative estimate of drug-likeness (QED) is 0.0164. The number of fused-ring (bicyclic) bond motifs is 1. The summed E-state index contributed by atoms with van der Waals surface area (Å²) < 4.78 is 9.97. The molecule has 12 rings (SSSR count). The van der Waals surface area contributed by atoms with Crippen LogP contribution in [0, 0.1) is 44.4 Å². The van der Waals surface area contributed by atoms with E-state index in [1.54, 1.807) is 24.3 Å². The summed E-state index contributed by atoms with van der Waals surface area (Å²) in [5, 5.41) is 62.5. The minimum atomic E-state index is -0.820. The molecule has 19 nitrogen and oxygen atoms in total. The molecule has 0 aliphatic heterocycles. The zero-order chi connectivity index (χ0) is 85.5. The number of carboxylic acid groups (broad SMARTS) is 4. The molecule has 21 heteroatoms. The molecular formula is C101H130N6O13S2. The van der Waals surface area contributed by atoms with Gasteiger partial charge in [0.25, 0.3) is 0 Å². The van der Waals surface area contributed by atoms with E-state index in [-0.39, 0.29) is 58.8 Å². The first-order valence-corrected chi connectivity index (χ1v) is 41.2. The average molecular weight is 1700 g/mol. The Morgan fingerprint density at radius 3 is 1.13 bits per heavy atom. The number of hydrogen-bond donors (Lipinski definition) is 11. The Morgan fingerprint density at radius 1 is 0.393 bits per heavy atom. The maximum Gasteiger partial charge on any atom is 0.323 e. The van der Waals surface area contributed by atoms with Crippen LogP contribution in [0.5, 0.6) is 5.75 Å². The van der Waals surface area contributed by atoms with Crippen LogP contribution in [0.4, 0.5) is 0 Å². The predicted molar refractivity (Wildman–Crippen MR) is 498 cm³/mol. The van der Waals surface area contributed by atoms with Crippen molar-refractivity contribution in [1.29, 1.82) is 0 Å². The largest absolute Gasteiger partial charge is 0.508 e. The Hall–Kier alpha value is -10.7. The smallest absolute Gasteiger partial charge is 0.323 e. The Balaban J connectivity index is 0.000000306. The summed E-state index contributed by atoms with van der Waals surface area (Å²) >= 11 is 0. The van der Waals surface area contributed by atoms with Crippen molar-refractivity contribution in [2.75, 3.05) is 7.11 Å². The van der Waals surface area contributed by atoms with Gasteiger partial charge in [-0.2, -0.15) is 27.0 Å². The highest BCUT2D eigenvalue weighted by molar-refractivity contribution is 7.59. The number of aryl methyl sites for hydroxylation is 3. The van der Waals surface area contributed by atoms with Gasteiger partial charge in [-0.05, 0) is 176 Å². The van der Waals surface area contributed by atoms with Gasteiger partial charge in [0.1, 0.15) is 48.6 Å². The molecule has 2 aliphatic carbocycles. The van der Waals surface area contributed by atoms with Crippen molar-refractivity contribution in [1.82, 2.24) is 26.6 Å². The van der Waals surface area contributed by atoms with Crippen LogP contribution in [-0.4, -0.2) is 105 Å². The number of carbonyl (C=O) groups is 6. The lowest BCUT2D eigenvalue weighted by Crippen LogP contribution is -2.38. The van der Waals surface area contributed by atoms with Crippen LogP contribution in [0.3, 0.4) is 0 Å². The number of aromatic hydroxyl groups is 1. The van der Waals surface area contributed by atoms with Crippen molar-refractivity contribution in [2.24, 2.45) is 29.4 Å². The highest BCUT2D eigenvalue weighted by Crippen LogP contribution is 2.47. The van der Waals surface area contributed by atoms with Crippen LogP contribution in [-0.2, 0) is 103 Å². The van der Waals surface area contributed by atoms with Crippen LogP contribution in [0.25, 0.3) is 0 Å². The van der Waals surface area contributed by atoms with Crippen molar-refractivity contribution in [3.8, 4) is 5.75 Å².